The molecule has 0 aliphatic carbocycles. The quantitative estimate of drug-likeness (QED) is 0.0767. The second kappa shape index (κ2) is 14.0. The minimum atomic E-state index is -5.68. The van der Waals surface area contributed by atoms with Gasteiger partial charge < -0.3 is 50.1 Å². The Balaban J connectivity index is 1.67. The molecule has 0 bridgehead atoms. The molecular formula is C20H29N3O17P2. The number of nitrogens with zero attached hydrogens (tertiary/aromatic N) is 1. The molecule has 236 valence electrons. The third-order valence-electron chi connectivity index (χ3n) is 6.01. The Bertz CT molecular complexity index is 1360. The molecule has 0 spiro atoms. The summed E-state index contributed by atoms with van der Waals surface area (Å²) in [7, 11) is -11.2. The summed E-state index contributed by atoms with van der Waals surface area (Å²) in [4.78, 5) is 57.3. The molecule has 1 aromatic rings. The van der Waals surface area contributed by atoms with Crippen molar-refractivity contribution in [2.75, 3.05) is 13.2 Å². The van der Waals surface area contributed by atoms with Crippen molar-refractivity contribution in [2.24, 2.45) is 0 Å². The normalized spacial score (nSPS) is 34.2. The maximum absolute atomic E-state index is 12.6. The molecule has 2 aliphatic heterocycles. The lowest BCUT2D eigenvalue weighted by molar-refractivity contribution is -0.248. The lowest BCUT2D eigenvalue weighted by Crippen LogP contribution is -2.64. The number of ether oxygens (including phenoxy) is 2. The van der Waals surface area contributed by atoms with Crippen LogP contribution in [0.5, 0.6) is 0 Å². The van der Waals surface area contributed by atoms with Crippen LogP contribution in [0, 0.1) is 12.3 Å². The van der Waals surface area contributed by atoms with Gasteiger partial charge >= 0.3 is 21.3 Å². The number of amides is 1. The number of aliphatic hydroxyl groups excluding tert-OH is 5. The predicted molar refractivity (Wildman–Crippen MR) is 133 cm³/mol. The van der Waals surface area contributed by atoms with Crippen LogP contribution in [0.25, 0.3) is 0 Å². The van der Waals surface area contributed by atoms with Crippen molar-refractivity contribution in [3.63, 3.8) is 0 Å². The Morgan fingerprint density at radius 1 is 1.07 bits per heavy atom. The summed E-state index contributed by atoms with van der Waals surface area (Å²) in [6.07, 6.45) is -8.47. The maximum atomic E-state index is 12.6. The number of hydrogen-bond acceptors (Lipinski definition) is 15. The fourth-order valence-corrected chi connectivity index (χ4v) is 6.13. The van der Waals surface area contributed by atoms with Gasteiger partial charge in [0.25, 0.3) is 5.56 Å². The average Bonchev–Trinajstić information content (AvgIpc) is 3.18. The highest BCUT2D eigenvalue weighted by Gasteiger charge is 2.50. The molecule has 2 aliphatic rings. The van der Waals surface area contributed by atoms with Crippen molar-refractivity contribution in [3.05, 3.63) is 33.1 Å². The van der Waals surface area contributed by atoms with Gasteiger partial charge in [-0.25, -0.2) is 13.9 Å². The number of terminal acetylenes is 1. The van der Waals surface area contributed by atoms with Crippen molar-refractivity contribution in [3.8, 4) is 12.3 Å². The number of hydrogen-bond donors (Lipinski definition) is 9. The fraction of sp³-hybridized carbons (Fsp3) is 0.650. The molecule has 3 heterocycles. The van der Waals surface area contributed by atoms with Crippen molar-refractivity contribution < 1.29 is 72.1 Å². The van der Waals surface area contributed by atoms with Gasteiger partial charge in [-0.1, -0.05) is 0 Å². The van der Waals surface area contributed by atoms with Crippen LogP contribution in [-0.4, -0.2) is 113 Å². The molecule has 1 amide bonds. The molecule has 20 nitrogen and oxygen atoms in total. The molecule has 42 heavy (non-hydrogen) atoms. The number of aromatic nitrogens is 2. The first-order valence-electron chi connectivity index (χ1n) is 12.0. The van der Waals surface area contributed by atoms with Gasteiger partial charge in [0.2, 0.25) is 5.91 Å². The summed E-state index contributed by atoms with van der Waals surface area (Å²) in [5.74, 6) is 1.39. The number of aliphatic hydroxyl groups is 5. The molecule has 1 aromatic heterocycles. The van der Waals surface area contributed by atoms with Gasteiger partial charge in [0.1, 0.15) is 42.7 Å². The maximum Gasteiger partial charge on any atom is 0.483 e. The molecule has 0 saturated carbocycles. The van der Waals surface area contributed by atoms with E-state index in [0.717, 1.165) is 16.8 Å². The summed E-state index contributed by atoms with van der Waals surface area (Å²) in [5, 5.41) is 52.5. The topological polar surface area (TPSA) is 306 Å². The van der Waals surface area contributed by atoms with Crippen molar-refractivity contribution in [2.45, 2.75) is 68.0 Å². The molecule has 11 atom stereocenters. The minimum absolute atomic E-state index is 0.0335. The molecule has 22 heteroatoms. The van der Waals surface area contributed by atoms with E-state index in [9.17, 15) is 58.8 Å². The van der Waals surface area contributed by atoms with E-state index in [-0.39, 0.29) is 12.8 Å². The van der Waals surface area contributed by atoms with E-state index in [4.69, 9.17) is 20.4 Å². The summed E-state index contributed by atoms with van der Waals surface area (Å²) >= 11 is 0. The zero-order chi connectivity index (χ0) is 31.4. The molecule has 9 N–H and O–H groups in total. The first-order valence-corrected chi connectivity index (χ1v) is 15.0. The van der Waals surface area contributed by atoms with Crippen molar-refractivity contribution >= 4 is 21.6 Å². The van der Waals surface area contributed by atoms with Gasteiger partial charge in [0, 0.05) is 25.1 Å². The van der Waals surface area contributed by atoms with Crippen LogP contribution in [0.15, 0.2) is 21.9 Å². The largest absolute Gasteiger partial charge is 0.483 e. The first-order chi connectivity index (χ1) is 19.6. The highest BCUT2D eigenvalue weighted by Crippen LogP contribution is 2.61. The van der Waals surface area contributed by atoms with E-state index in [1.54, 1.807) is 0 Å². The number of carbonyl (C=O) groups excluding carboxylic acids is 1. The number of carbonyl (C=O) groups is 1. The standard InChI is InChI=1S/C20H29N3O17P2/c1-2-3-4-11(25)21-13-16(29)14(27)9(7-24)38-19(13)39-42(34,35)40-41(32,33)36-8-10-15(28)17(30)18(37-10)23-6-5-12(26)22-20(23)31/h1,5-6,9-10,13-19,24,27-30H,3-4,7-8H2,(H,21,25)(H,32,33)(H,34,35)(H,22,26,31)/t9-,10-,13-,14-,15-,16-,17-,18-,19-/m1/s1. The van der Waals surface area contributed by atoms with Crippen LogP contribution in [0.2, 0.25) is 0 Å². The third kappa shape index (κ3) is 8.41. The summed E-state index contributed by atoms with van der Waals surface area (Å²) < 4.78 is 49.6. The number of rotatable bonds is 12. The molecule has 2 saturated heterocycles. The number of H-pyrrole nitrogens is 1. The Hall–Kier alpha value is -2.31. The van der Waals surface area contributed by atoms with E-state index in [0.29, 0.717) is 0 Å². The fourth-order valence-electron chi connectivity index (χ4n) is 3.97. The minimum Gasteiger partial charge on any atom is -0.394 e. The summed E-state index contributed by atoms with van der Waals surface area (Å²) in [6.45, 7) is -1.97. The molecule has 2 fully saturated rings. The van der Waals surface area contributed by atoms with E-state index in [2.05, 4.69) is 20.1 Å². The van der Waals surface area contributed by atoms with Crippen LogP contribution in [-0.2, 0) is 36.8 Å². The van der Waals surface area contributed by atoms with E-state index in [1.165, 1.54) is 0 Å². The monoisotopic (exact) mass is 645 g/mol. The molecule has 0 radical (unpaired) electrons. The zero-order valence-electron chi connectivity index (χ0n) is 21.3. The van der Waals surface area contributed by atoms with E-state index < -0.39 is 101 Å². The van der Waals surface area contributed by atoms with Gasteiger partial charge in [0.15, 0.2) is 12.5 Å². The highest BCUT2D eigenvalue weighted by molar-refractivity contribution is 7.61. The zero-order valence-corrected chi connectivity index (χ0v) is 23.1. The number of aromatic amines is 1. The van der Waals surface area contributed by atoms with Crippen LogP contribution < -0.4 is 16.6 Å². The predicted octanol–water partition coefficient (Wildman–Crippen LogP) is -4.26. The van der Waals surface area contributed by atoms with Crippen molar-refractivity contribution in [1.82, 2.24) is 14.9 Å². The van der Waals surface area contributed by atoms with Gasteiger partial charge in [-0.3, -0.25) is 28.2 Å². The molecule has 2 unspecified atom stereocenters. The van der Waals surface area contributed by atoms with Gasteiger partial charge in [0.05, 0.1) is 13.2 Å². The van der Waals surface area contributed by atoms with E-state index in [1.807, 2.05) is 4.98 Å². The first kappa shape index (κ1) is 34.2. The Morgan fingerprint density at radius 2 is 1.74 bits per heavy atom. The Labute approximate surface area is 235 Å². The molecular weight excluding hydrogens is 616 g/mol. The van der Waals surface area contributed by atoms with Crippen LogP contribution in [0.3, 0.4) is 0 Å². The van der Waals surface area contributed by atoms with Gasteiger partial charge in [-0.05, 0) is 0 Å². The lowest BCUT2D eigenvalue weighted by atomic mass is 9.97. The molecule has 3 rings (SSSR count). The number of phosphoric ester groups is 2. The van der Waals surface area contributed by atoms with Crippen LogP contribution in [0.1, 0.15) is 19.1 Å². The van der Waals surface area contributed by atoms with Crippen LogP contribution >= 0.6 is 15.6 Å². The average molecular weight is 645 g/mol. The second-order valence-corrected chi connectivity index (χ2v) is 12.0. The van der Waals surface area contributed by atoms with Crippen LogP contribution in [0.4, 0.5) is 0 Å². The Morgan fingerprint density at radius 3 is 2.36 bits per heavy atom. The third-order valence-corrected chi connectivity index (χ3v) is 8.61. The van der Waals surface area contributed by atoms with E-state index >= 15 is 0 Å². The smallest absolute Gasteiger partial charge is 0.394 e. The van der Waals surface area contributed by atoms with Gasteiger partial charge in [-0.15, -0.1) is 12.3 Å². The van der Waals surface area contributed by atoms with Gasteiger partial charge in [-0.2, -0.15) is 4.31 Å². The summed E-state index contributed by atoms with van der Waals surface area (Å²) in [6, 6.07) is -0.832. The van der Waals surface area contributed by atoms with Crippen molar-refractivity contribution in [1.29, 1.82) is 0 Å². The number of nitrogens with one attached hydrogen (secondary N) is 2. The summed E-state index contributed by atoms with van der Waals surface area (Å²) in [5.41, 5.74) is -1.77. The highest BCUT2D eigenvalue weighted by atomic mass is 31.3. The SMILES string of the molecule is C#CCCC(=O)N[C@H]1[C@@H](OP(=O)(O)OP(=O)(O)OC[C@H]2O[C@@H](n3ccc(=O)[nH]c3=O)[C@H](O)[C@@H]2O)O[C@H](CO)[C@@H](O)[C@@H]1O. The Kier molecular flexibility index (Phi) is 11.4. The molecule has 0 aromatic carbocycles. The number of phosphoric acid groups is 2. The second-order valence-electron chi connectivity index (χ2n) is 8.99. The lowest BCUT2D eigenvalue weighted by Gasteiger charge is -2.42.